The second kappa shape index (κ2) is 17.5. The van der Waals surface area contributed by atoms with Crippen molar-refractivity contribution in [2.24, 2.45) is 11.3 Å². The predicted octanol–water partition coefficient (Wildman–Crippen LogP) is 4.39. The van der Waals surface area contributed by atoms with Crippen molar-refractivity contribution >= 4 is 23.7 Å². The Morgan fingerprint density at radius 1 is 1.06 bits per heavy atom. The van der Waals surface area contributed by atoms with Crippen LogP contribution in [0.25, 0.3) is 0 Å². The Hall–Kier alpha value is -4.21. The first-order chi connectivity index (χ1) is 25.0. The van der Waals surface area contributed by atoms with Gasteiger partial charge in [0.15, 0.2) is 17.4 Å². The molecule has 1 aromatic heterocycles. The summed E-state index contributed by atoms with van der Waals surface area (Å²) in [6, 6.07) is 1.15. The van der Waals surface area contributed by atoms with Gasteiger partial charge in [-0.1, -0.05) is 13.8 Å². The molecule has 5 rings (SSSR count). The number of likely N-dealkylation sites (tertiary alicyclic amines) is 1. The number of carbonyl (C=O) groups excluding carboxylic acids is 3. The highest BCUT2D eigenvalue weighted by atomic mass is 19.1. The lowest BCUT2D eigenvalue weighted by Gasteiger charge is -2.53. The van der Waals surface area contributed by atoms with Crippen molar-refractivity contribution in [2.75, 3.05) is 64.4 Å². The number of hydrogen-bond donors (Lipinski definition) is 1. The number of aromatic nitrogens is 3. The van der Waals surface area contributed by atoms with Gasteiger partial charge in [0, 0.05) is 76.1 Å². The van der Waals surface area contributed by atoms with Crippen LogP contribution in [0, 0.1) is 17.2 Å². The Labute approximate surface area is 305 Å². The van der Waals surface area contributed by atoms with Crippen molar-refractivity contribution in [1.82, 2.24) is 30.3 Å². The summed E-state index contributed by atoms with van der Waals surface area (Å²) in [6.45, 7) is 16.4. The fraction of sp³-hybridized carbons (Fsp3) is 0.622. The Morgan fingerprint density at radius 3 is 2.44 bits per heavy atom. The van der Waals surface area contributed by atoms with Crippen LogP contribution < -0.4 is 24.4 Å². The van der Waals surface area contributed by atoms with Crippen LogP contribution in [0.2, 0.25) is 0 Å². The summed E-state index contributed by atoms with van der Waals surface area (Å²) in [4.78, 5) is 49.5. The lowest BCUT2D eigenvalue weighted by molar-refractivity contribution is -0.133. The number of halogens is 1. The monoisotopic (exact) mass is 725 g/mol. The van der Waals surface area contributed by atoms with Gasteiger partial charge in [0.2, 0.25) is 11.5 Å². The normalized spacial score (nSPS) is 18.1. The van der Waals surface area contributed by atoms with Gasteiger partial charge in [0.1, 0.15) is 6.33 Å². The third-order valence-electron chi connectivity index (χ3n) is 9.99. The van der Waals surface area contributed by atoms with Gasteiger partial charge in [-0.15, -0.1) is 10.2 Å². The highest BCUT2D eigenvalue weighted by molar-refractivity contribution is 6.01. The molecule has 14 nitrogen and oxygen atoms in total. The van der Waals surface area contributed by atoms with E-state index >= 15 is 4.39 Å². The molecule has 0 aliphatic carbocycles. The quantitative estimate of drug-likeness (QED) is 0.140. The first-order valence-electron chi connectivity index (χ1n) is 18.3. The molecule has 15 heteroatoms. The van der Waals surface area contributed by atoms with Crippen molar-refractivity contribution in [3.63, 3.8) is 0 Å². The van der Waals surface area contributed by atoms with Crippen molar-refractivity contribution in [3.8, 4) is 23.1 Å². The Bertz CT molecular complexity index is 1610. The molecule has 2 aromatic rings. The van der Waals surface area contributed by atoms with Crippen LogP contribution in [0.4, 0.5) is 10.2 Å². The van der Waals surface area contributed by atoms with E-state index in [0.717, 1.165) is 83.1 Å². The average molecular weight is 726 g/mol. The summed E-state index contributed by atoms with van der Waals surface area (Å²) in [7, 11) is 1.74. The number of ether oxygens (including phenoxy) is 4. The van der Waals surface area contributed by atoms with E-state index in [1.165, 1.54) is 11.2 Å². The number of nitrogens with zero attached hydrogens (tertiary/aromatic N) is 6. The largest absolute Gasteiger partial charge is 0.430 e. The van der Waals surface area contributed by atoms with Crippen LogP contribution in [0.5, 0.6) is 23.1 Å². The SMILES string of the molecule is CCN(C(=O)c1cc(F)c2c(c1Oc1nncnc1N1CCC3(C1)CN([C@H](CCCNCCCCOC)C(C)C)C3)OC(=O)/C=C/C(=O)O2)C(C)C. The van der Waals surface area contributed by atoms with E-state index in [2.05, 4.69) is 44.1 Å². The van der Waals surface area contributed by atoms with Crippen LogP contribution in [-0.2, 0) is 14.3 Å². The number of amides is 1. The van der Waals surface area contributed by atoms with Gasteiger partial charge in [-0.05, 0) is 77.9 Å². The van der Waals surface area contributed by atoms with Gasteiger partial charge in [-0.25, -0.2) is 19.0 Å². The topological polar surface area (TPSA) is 149 Å². The lowest BCUT2D eigenvalue weighted by atomic mass is 9.76. The zero-order valence-corrected chi connectivity index (χ0v) is 31.2. The molecule has 2 fully saturated rings. The molecule has 3 aliphatic heterocycles. The first kappa shape index (κ1) is 39.0. The minimum absolute atomic E-state index is 0.0657. The number of anilines is 1. The number of methoxy groups -OCH3 is 1. The zero-order valence-electron chi connectivity index (χ0n) is 31.2. The molecule has 0 bridgehead atoms. The summed E-state index contributed by atoms with van der Waals surface area (Å²) in [6.07, 6.45) is 8.35. The molecular weight excluding hydrogens is 673 g/mol. The van der Waals surface area contributed by atoms with Gasteiger partial charge in [-0.2, -0.15) is 0 Å². The number of esters is 2. The second-order valence-corrected chi connectivity index (χ2v) is 14.4. The number of hydrogen-bond acceptors (Lipinski definition) is 13. The number of rotatable bonds is 17. The van der Waals surface area contributed by atoms with E-state index in [1.807, 2.05) is 13.8 Å². The molecule has 3 aliphatic rings. The Balaban J connectivity index is 1.34. The Kier molecular flexibility index (Phi) is 13.2. The van der Waals surface area contributed by atoms with Gasteiger partial charge in [-0.3, -0.25) is 9.69 Å². The fourth-order valence-electron chi connectivity index (χ4n) is 7.40. The van der Waals surface area contributed by atoms with Crippen LogP contribution in [0.3, 0.4) is 0 Å². The second-order valence-electron chi connectivity index (χ2n) is 14.4. The maximum atomic E-state index is 15.6. The highest BCUT2D eigenvalue weighted by Crippen LogP contribution is 2.48. The van der Waals surface area contributed by atoms with E-state index in [-0.39, 0.29) is 28.6 Å². The average Bonchev–Trinajstić information content (AvgIpc) is 3.54. The molecule has 1 aromatic carbocycles. The number of nitrogens with one attached hydrogen (secondary N) is 1. The molecule has 1 amide bonds. The molecule has 284 valence electrons. The van der Waals surface area contributed by atoms with Crippen LogP contribution in [0.1, 0.15) is 77.1 Å². The number of carbonyl (C=O) groups is 3. The molecule has 0 unspecified atom stereocenters. The van der Waals surface area contributed by atoms with Crippen LogP contribution in [-0.4, -0.2) is 114 Å². The number of fused-ring (bicyclic) bond motifs is 1. The summed E-state index contributed by atoms with van der Waals surface area (Å²) >= 11 is 0. The summed E-state index contributed by atoms with van der Waals surface area (Å²) in [5.41, 5.74) is -0.179. The van der Waals surface area contributed by atoms with Crippen LogP contribution >= 0.6 is 0 Å². The molecule has 52 heavy (non-hydrogen) atoms. The maximum Gasteiger partial charge on any atom is 0.336 e. The van der Waals surface area contributed by atoms with Crippen molar-refractivity contribution in [2.45, 2.75) is 78.8 Å². The molecule has 1 atom stereocenters. The van der Waals surface area contributed by atoms with Crippen molar-refractivity contribution in [1.29, 1.82) is 0 Å². The van der Waals surface area contributed by atoms with Gasteiger partial charge < -0.3 is 34.1 Å². The van der Waals surface area contributed by atoms with Crippen molar-refractivity contribution < 1.29 is 37.7 Å². The van der Waals surface area contributed by atoms with E-state index < -0.39 is 35.2 Å². The minimum Gasteiger partial charge on any atom is -0.430 e. The lowest BCUT2D eigenvalue weighted by Crippen LogP contribution is -2.62. The molecule has 4 heterocycles. The molecular formula is C37H52FN7O7. The predicted molar refractivity (Wildman–Crippen MR) is 191 cm³/mol. The number of benzene rings is 1. The first-order valence-corrected chi connectivity index (χ1v) is 18.3. The molecule has 1 N–H and O–H groups in total. The van der Waals surface area contributed by atoms with Gasteiger partial charge >= 0.3 is 11.9 Å². The maximum absolute atomic E-state index is 15.6. The minimum atomic E-state index is -1.08. The van der Waals surface area contributed by atoms with E-state index in [9.17, 15) is 14.4 Å². The van der Waals surface area contributed by atoms with Crippen LogP contribution in [0.15, 0.2) is 24.5 Å². The summed E-state index contributed by atoms with van der Waals surface area (Å²) in [5.74, 6) is -4.39. The molecule has 0 saturated carbocycles. The van der Waals surface area contributed by atoms with E-state index in [1.54, 1.807) is 14.0 Å². The fourth-order valence-corrected chi connectivity index (χ4v) is 7.40. The third kappa shape index (κ3) is 9.04. The highest BCUT2D eigenvalue weighted by Gasteiger charge is 2.50. The van der Waals surface area contributed by atoms with Crippen molar-refractivity contribution in [3.05, 3.63) is 35.9 Å². The molecule has 1 spiro atoms. The molecule has 2 saturated heterocycles. The third-order valence-corrected chi connectivity index (χ3v) is 9.99. The summed E-state index contributed by atoms with van der Waals surface area (Å²) in [5, 5.41) is 11.7. The van der Waals surface area contributed by atoms with E-state index in [0.29, 0.717) is 37.4 Å². The number of unbranched alkanes of at least 4 members (excludes halogenated alkanes) is 1. The zero-order chi connectivity index (χ0) is 37.4. The molecule has 0 radical (unpaired) electrons. The smallest absolute Gasteiger partial charge is 0.336 e. The summed E-state index contributed by atoms with van der Waals surface area (Å²) < 4.78 is 37.6. The van der Waals surface area contributed by atoms with Gasteiger partial charge in [0.25, 0.3) is 11.8 Å². The standard InChI is InChI=1S/C37H52FN7O7/c1-7-45(25(4)5)36(48)26-19-27(38)32-33(51-30(47)13-12-29(46)50-32)31(26)52-35-34(40-23-41-42-35)43-17-14-37(20-43)21-44(22-37)28(24(2)3)11-10-16-39-15-8-9-18-49-6/h12-13,19,23-25,28,39H,7-11,14-18,20-22H2,1-6H3/b13-12+/t28-/m1/s1. The Morgan fingerprint density at radius 2 is 1.77 bits per heavy atom. The van der Waals surface area contributed by atoms with Gasteiger partial charge in [0.05, 0.1) is 5.56 Å². The van der Waals surface area contributed by atoms with E-state index in [4.69, 9.17) is 18.9 Å².